The predicted molar refractivity (Wildman–Crippen MR) is 148 cm³/mol. The Bertz CT molecular complexity index is 1330. The van der Waals surface area contributed by atoms with Gasteiger partial charge in [-0.1, -0.05) is 36.3 Å². The molecule has 4 aliphatic rings. The highest BCUT2D eigenvalue weighted by Gasteiger charge is 2.59. The van der Waals surface area contributed by atoms with Gasteiger partial charge in [-0.2, -0.15) is 0 Å². The quantitative estimate of drug-likeness (QED) is 0.184. The molecule has 7 rings (SSSR count). The second-order valence-corrected chi connectivity index (χ2v) is 12.3. The molecule has 0 spiro atoms. The van der Waals surface area contributed by atoms with Crippen molar-refractivity contribution in [1.29, 1.82) is 0 Å². The number of hydrogen-bond donors (Lipinski definition) is 0. The highest BCUT2D eigenvalue weighted by molar-refractivity contribution is 14.1. The van der Waals surface area contributed by atoms with Crippen LogP contribution in [0.1, 0.15) is 65.6 Å². The summed E-state index contributed by atoms with van der Waals surface area (Å²) in [6.07, 6.45) is 13.5. The molecular weight excluding hydrogens is 543 g/mol. The van der Waals surface area contributed by atoms with Gasteiger partial charge in [0.15, 0.2) is 0 Å². The van der Waals surface area contributed by atoms with Gasteiger partial charge in [0.25, 0.3) is 0 Å². The van der Waals surface area contributed by atoms with Gasteiger partial charge in [0, 0.05) is 9.13 Å². The van der Waals surface area contributed by atoms with E-state index < -0.39 is 0 Å². The number of benzene rings is 3. The first kappa shape index (κ1) is 22.9. The van der Waals surface area contributed by atoms with Crippen LogP contribution in [-0.2, 0) is 15.6 Å². The Morgan fingerprint density at radius 3 is 2.37 bits per heavy atom. The minimum absolute atomic E-state index is 0.136. The van der Waals surface area contributed by atoms with E-state index in [2.05, 4.69) is 77.0 Å². The number of carbonyl (C=O) groups excluding carboxylic acids is 1. The highest BCUT2D eigenvalue weighted by atomic mass is 127. The van der Waals surface area contributed by atoms with Crippen LogP contribution in [0.3, 0.4) is 0 Å². The van der Waals surface area contributed by atoms with E-state index in [1.54, 1.807) is 0 Å². The molecule has 0 aliphatic heterocycles. The van der Waals surface area contributed by atoms with Crippen molar-refractivity contribution in [3.05, 3.63) is 92.6 Å². The lowest BCUT2D eigenvalue weighted by atomic mass is 9.41. The van der Waals surface area contributed by atoms with E-state index in [1.165, 1.54) is 65.9 Å². The SMILES string of the molecule is C#Cc1ccc(C23CC4CC(CC(c5ccc(I)cc5)(C4)C2)C3)c(-c2cccc(C(=O)OC)c2)c1. The van der Waals surface area contributed by atoms with Crippen LogP contribution in [0.25, 0.3) is 11.1 Å². The molecule has 0 radical (unpaired) electrons. The van der Waals surface area contributed by atoms with Crippen molar-refractivity contribution in [3.8, 4) is 23.5 Å². The molecule has 2 nitrogen and oxygen atoms in total. The van der Waals surface area contributed by atoms with E-state index in [0.717, 1.165) is 23.0 Å². The molecule has 0 saturated heterocycles. The van der Waals surface area contributed by atoms with Crippen LogP contribution in [-0.4, -0.2) is 13.1 Å². The van der Waals surface area contributed by atoms with E-state index >= 15 is 0 Å². The van der Waals surface area contributed by atoms with Gasteiger partial charge in [0.05, 0.1) is 12.7 Å². The Labute approximate surface area is 221 Å². The molecule has 0 N–H and O–H groups in total. The van der Waals surface area contributed by atoms with Crippen LogP contribution in [0, 0.1) is 27.7 Å². The second kappa shape index (κ2) is 8.52. The minimum Gasteiger partial charge on any atom is -0.465 e. The molecule has 35 heavy (non-hydrogen) atoms. The molecule has 3 aromatic carbocycles. The lowest BCUT2D eigenvalue weighted by Gasteiger charge is -2.63. The average molecular weight is 572 g/mol. The average Bonchev–Trinajstić information content (AvgIpc) is 2.87. The van der Waals surface area contributed by atoms with Gasteiger partial charge in [-0.05, 0) is 142 Å². The van der Waals surface area contributed by atoms with Gasteiger partial charge >= 0.3 is 5.97 Å². The van der Waals surface area contributed by atoms with Crippen molar-refractivity contribution in [2.45, 2.75) is 49.4 Å². The first-order valence-electron chi connectivity index (χ1n) is 12.5. The fraction of sp³-hybridized carbons (Fsp3) is 0.344. The largest absolute Gasteiger partial charge is 0.465 e. The first-order valence-corrected chi connectivity index (χ1v) is 13.6. The molecule has 2 atom stereocenters. The van der Waals surface area contributed by atoms with Crippen molar-refractivity contribution in [3.63, 3.8) is 0 Å². The zero-order chi connectivity index (χ0) is 24.2. The molecule has 4 aliphatic carbocycles. The van der Waals surface area contributed by atoms with Crippen molar-refractivity contribution in [1.82, 2.24) is 0 Å². The first-order chi connectivity index (χ1) is 16.9. The summed E-state index contributed by atoms with van der Waals surface area (Å²) in [5.41, 5.74) is 6.98. The third-order valence-electron chi connectivity index (χ3n) is 8.87. The molecule has 0 aromatic heterocycles. The van der Waals surface area contributed by atoms with Crippen molar-refractivity contribution in [2.75, 3.05) is 7.11 Å². The summed E-state index contributed by atoms with van der Waals surface area (Å²) < 4.78 is 6.30. The Morgan fingerprint density at radius 1 is 0.971 bits per heavy atom. The maximum absolute atomic E-state index is 12.3. The maximum Gasteiger partial charge on any atom is 0.337 e. The normalized spacial score (nSPS) is 28.5. The summed E-state index contributed by atoms with van der Waals surface area (Å²) in [6.45, 7) is 0. The summed E-state index contributed by atoms with van der Waals surface area (Å²) in [4.78, 5) is 12.3. The number of methoxy groups -OCH3 is 1. The molecule has 0 amide bonds. The standard InChI is InChI=1S/C32H29IO2/c1-3-21-7-12-29(28(14-21)24-5-4-6-25(15-24)30(34)35-2)32-18-22-13-23(19-32)17-31(16-22,20-32)26-8-10-27(33)11-9-26/h1,4-12,14-15,22-23H,13,16-20H2,2H3. The number of esters is 1. The van der Waals surface area contributed by atoms with Crippen LogP contribution in [0.15, 0.2) is 66.7 Å². The van der Waals surface area contributed by atoms with Gasteiger partial charge in [0.1, 0.15) is 0 Å². The van der Waals surface area contributed by atoms with Crippen LogP contribution in [0.2, 0.25) is 0 Å². The fourth-order valence-corrected chi connectivity index (χ4v) is 8.35. The fourth-order valence-electron chi connectivity index (χ4n) is 7.99. The van der Waals surface area contributed by atoms with E-state index in [4.69, 9.17) is 11.2 Å². The van der Waals surface area contributed by atoms with E-state index in [-0.39, 0.29) is 16.8 Å². The Morgan fingerprint density at radius 2 is 1.69 bits per heavy atom. The Kier molecular flexibility index (Phi) is 5.56. The summed E-state index contributed by atoms with van der Waals surface area (Å²) in [5.74, 6) is 4.04. The van der Waals surface area contributed by atoms with E-state index in [1.807, 2.05) is 18.2 Å². The molecule has 3 aromatic rings. The van der Waals surface area contributed by atoms with E-state index in [9.17, 15) is 4.79 Å². The van der Waals surface area contributed by atoms with Crippen LogP contribution in [0.5, 0.6) is 0 Å². The second-order valence-electron chi connectivity index (χ2n) is 11.0. The van der Waals surface area contributed by atoms with Gasteiger partial charge in [-0.25, -0.2) is 4.79 Å². The number of ether oxygens (including phenoxy) is 1. The third-order valence-corrected chi connectivity index (χ3v) is 9.59. The van der Waals surface area contributed by atoms with Crippen LogP contribution >= 0.6 is 22.6 Å². The minimum atomic E-state index is -0.311. The van der Waals surface area contributed by atoms with Gasteiger partial charge < -0.3 is 4.74 Å². The smallest absolute Gasteiger partial charge is 0.337 e. The van der Waals surface area contributed by atoms with Gasteiger partial charge in [-0.3, -0.25) is 0 Å². The van der Waals surface area contributed by atoms with Crippen LogP contribution < -0.4 is 0 Å². The Balaban J connectivity index is 1.50. The molecule has 0 heterocycles. The lowest BCUT2D eigenvalue weighted by molar-refractivity contribution is -0.0279. The zero-order valence-corrected chi connectivity index (χ0v) is 22.2. The van der Waals surface area contributed by atoms with Crippen molar-refractivity contribution < 1.29 is 9.53 Å². The molecule has 2 unspecified atom stereocenters. The Hall–Kier alpha value is -2.58. The molecule has 4 bridgehead atoms. The summed E-state index contributed by atoms with van der Waals surface area (Å²) >= 11 is 2.41. The van der Waals surface area contributed by atoms with Crippen LogP contribution in [0.4, 0.5) is 0 Å². The molecule has 3 heteroatoms. The summed E-state index contributed by atoms with van der Waals surface area (Å²) in [6, 6.07) is 23.7. The number of rotatable bonds is 4. The third kappa shape index (κ3) is 3.82. The van der Waals surface area contributed by atoms with Gasteiger partial charge in [0.2, 0.25) is 0 Å². The zero-order valence-electron chi connectivity index (χ0n) is 20.0. The summed E-state index contributed by atoms with van der Waals surface area (Å²) in [7, 11) is 1.43. The molecular formula is C32H29IO2. The topological polar surface area (TPSA) is 26.3 Å². The molecule has 4 fully saturated rings. The van der Waals surface area contributed by atoms with E-state index in [0.29, 0.717) is 5.56 Å². The maximum atomic E-state index is 12.3. The number of halogens is 1. The van der Waals surface area contributed by atoms with Crippen molar-refractivity contribution >= 4 is 28.6 Å². The predicted octanol–water partition coefficient (Wildman–Crippen LogP) is 7.52. The van der Waals surface area contributed by atoms with Gasteiger partial charge in [-0.15, -0.1) is 6.42 Å². The number of hydrogen-bond acceptors (Lipinski definition) is 2. The van der Waals surface area contributed by atoms with Crippen molar-refractivity contribution in [2.24, 2.45) is 11.8 Å². The monoisotopic (exact) mass is 572 g/mol. The molecule has 4 saturated carbocycles. The lowest BCUT2D eigenvalue weighted by Crippen LogP contribution is -2.56. The highest BCUT2D eigenvalue weighted by Crippen LogP contribution is 2.67. The summed E-state index contributed by atoms with van der Waals surface area (Å²) in [5, 5.41) is 0. The molecule has 176 valence electrons. The number of carbonyl (C=O) groups is 1. The number of terminal acetylenes is 1.